The molecule has 6 nitrogen and oxygen atoms in total. The summed E-state index contributed by atoms with van der Waals surface area (Å²) in [6.07, 6.45) is 2.66. The van der Waals surface area contributed by atoms with Crippen LogP contribution in [0.2, 0.25) is 0 Å². The van der Waals surface area contributed by atoms with Crippen LogP contribution in [-0.2, 0) is 4.79 Å². The Morgan fingerprint density at radius 2 is 1.69 bits per heavy atom. The zero-order valence-electron chi connectivity index (χ0n) is 19.9. The first kappa shape index (κ1) is 22.2. The molecule has 1 N–H and O–H groups in total. The number of hydrogen-bond acceptors (Lipinski definition) is 3. The molecule has 0 bridgehead atoms. The number of carbonyl (C=O) groups is 1. The average molecular weight is 434 g/mol. The number of anilines is 1. The summed E-state index contributed by atoms with van der Waals surface area (Å²) in [7, 11) is 0. The Bertz CT molecular complexity index is 1050. The molecule has 4 rings (SSSR count). The minimum Gasteiger partial charge on any atom is -0.355 e. The smallest absolute Gasteiger partial charge is 0.223 e. The van der Waals surface area contributed by atoms with Crippen molar-refractivity contribution in [2.24, 2.45) is 5.92 Å². The number of nitrogens with one attached hydrogen (secondary N) is 1. The van der Waals surface area contributed by atoms with Crippen LogP contribution in [0.4, 0.5) is 5.82 Å². The number of amides is 1. The van der Waals surface area contributed by atoms with Gasteiger partial charge in [0.15, 0.2) is 5.82 Å². The third-order valence-corrected chi connectivity index (χ3v) is 6.67. The van der Waals surface area contributed by atoms with E-state index in [-0.39, 0.29) is 17.9 Å². The fourth-order valence-corrected chi connectivity index (χ4v) is 4.64. The maximum Gasteiger partial charge on any atom is 0.223 e. The van der Waals surface area contributed by atoms with Gasteiger partial charge in [-0.05, 0) is 71.2 Å². The largest absolute Gasteiger partial charge is 0.355 e. The monoisotopic (exact) mass is 433 g/mol. The lowest BCUT2D eigenvalue weighted by molar-refractivity contribution is -0.126. The zero-order chi connectivity index (χ0) is 22.8. The predicted octanol–water partition coefficient (Wildman–Crippen LogP) is 4.72. The molecule has 1 fully saturated rings. The fourth-order valence-electron chi connectivity index (χ4n) is 4.64. The van der Waals surface area contributed by atoms with Crippen LogP contribution < -0.4 is 10.2 Å². The number of rotatable bonds is 6. The molecule has 3 aromatic rings. The minimum atomic E-state index is 0.0768. The molecule has 6 heteroatoms. The number of benzene rings is 1. The summed E-state index contributed by atoms with van der Waals surface area (Å²) in [4.78, 5) is 15.1. The molecule has 1 atom stereocenters. The molecule has 170 valence electrons. The van der Waals surface area contributed by atoms with Gasteiger partial charge < -0.3 is 14.8 Å². The first-order valence-electron chi connectivity index (χ1n) is 11.8. The van der Waals surface area contributed by atoms with E-state index in [9.17, 15) is 4.79 Å². The van der Waals surface area contributed by atoms with Crippen molar-refractivity contribution >= 4 is 11.7 Å². The van der Waals surface area contributed by atoms with Gasteiger partial charge in [-0.15, -0.1) is 0 Å². The van der Waals surface area contributed by atoms with Gasteiger partial charge >= 0.3 is 0 Å². The van der Waals surface area contributed by atoms with Crippen LogP contribution in [-0.4, -0.2) is 39.4 Å². The Kier molecular flexibility index (Phi) is 6.40. The van der Waals surface area contributed by atoms with E-state index in [4.69, 9.17) is 5.10 Å². The second-order valence-electron chi connectivity index (χ2n) is 9.04. The van der Waals surface area contributed by atoms with E-state index in [1.807, 2.05) is 18.2 Å². The van der Waals surface area contributed by atoms with Gasteiger partial charge in [0.25, 0.3) is 0 Å². The molecule has 1 aliphatic heterocycles. The van der Waals surface area contributed by atoms with Crippen LogP contribution in [0.5, 0.6) is 0 Å². The van der Waals surface area contributed by atoms with Crippen molar-refractivity contribution in [3.8, 4) is 11.4 Å². The lowest BCUT2D eigenvalue weighted by Gasteiger charge is -2.34. The van der Waals surface area contributed by atoms with E-state index in [0.29, 0.717) is 0 Å². The molecular weight excluding hydrogens is 398 g/mol. The van der Waals surface area contributed by atoms with Crippen molar-refractivity contribution in [3.05, 3.63) is 59.5 Å². The van der Waals surface area contributed by atoms with Gasteiger partial charge in [0, 0.05) is 36.4 Å². The Hall–Kier alpha value is -3.02. The number of piperidine rings is 1. The zero-order valence-corrected chi connectivity index (χ0v) is 19.9. The number of aryl methyl sites for hydroxylation is 3. The second-order valence-corrected chi connectivity index (χ2v) is 9.04. The first-order chi connectivity index (χ1) is 15.4. The van der Waals surface area contributed by atoms with Crippen molar-refractivity contribution < 1.29 is 4.79 Å². The predicted molar refractivity (Wildman–Crippen MR) is 130 cm³/mol. The molecule has 3 heterocycles. The summed E-state index contributed by atoms with van der Waals surface area (Å²) < 4.78 is 4.38. The molecule has 1 saturated heterocycles. The van der Waals surface area contributed by atoms with Crippen molar-refractivity contribution in [2.45, 2.75) is 59.9 Å². The van der Waals surface area contributed by atoms with E-state index < -0.39 is 0 Å². The van der Waals surface area contributed by atoms with E-state index in [1.165, 1.54) is 11.4 Å². The lowest BCUT2D eigenvalue weighted by Crippen LogP contribution is -2.43. The molecule has 0 saturated carbocycles. The highest BCUT2D eigenvalue weighted by molar-refractivity contribution is 5.79. The fraction of sp³-hybridized carbons (Fsp3) is 0.462. The molecule has 2 aromatic heterocycles. The Morgan fingerprint density at radius 1 is 1.06 bits per heavy atom. The van der Waals surface area contributed by atoms with Crippen molar-refractivity contribution in [1.29, 1.82) is 0 Å². The number of nitrogens with zero attached hydrogens (tertiary/aromatic N) is 4. The highest BCUT2D eigenvalue weighted by atomic mass is 16.1. The number of para-hydroxylation sites is 1. The Balaban J connectivity index is 1.70. The molecule has 0 radical (unpaired) electrons. The molecule has 0 aliphatic carbocycles. The lowest BCUT2D eigenvalue weighted by atomic mass is 9.95. The van der Waals surface area contributed by atoms with Gasteiger partial charge in [0.05, 0.1) is 11.4 Å². The number of hydrogen-bond donors (Lipinski definition) is 1. The highest BCUT2D eigenvalue weighted by Crippen LogP contribution is 2.35. The minimum absolute atomic E-state index is 0.0768. The van der Waals surface area contributed by atoms with E-state index in [2.05, 4.69) is 78.3 Å². The highest BCUT2D eigenvalue weighted by Gasteiger charge is 2.30. The average Bonchev–Trinajstić information content (AvgIpc) is 3.32. The van der Waals surface area contributed by atoms with E-state index >= 15 is 0 Å². The van der Waals surface area contributed by atoms with Crippen LogP contribution in [0.25, 0.3) is 11.4 Å². The number of aromatic nitrogens is 3. The van der Waals surface area contributed by atoms with Crippen LogP contribution in [0, 0.1) is 26.7 Å². The Morgan fingerprint density at radius 3 is 2.28 bits per heavy atom. The standard InChI is InChI=1S/C26H35N5O/c1-6-18(2)27-25(32)22-14-16-29(17-15-22)26-24(30-19(3)12-13-20(30)4)21(5)28-31(26)23-10-8-7-9-11-23/h7-13,18,22H,6,14-17H2,1-5H3,(H,27,32)/t18-/m1/s1. The Labute approximate surface area is 191 Å². The molecule has 32 heavy (non-hydrogen) atoms. The van der Waals surface area contributed by atoms with E-state index in [1.54, 1.807) is 0 Å². The van der Waals surface area contributed by atoms with Gasteiger partial charge in [-0.2, -0.15) is 5.10 Å². The van der Waals surface area contributed by atoms with Crippen LogP contribution in [0.15, 0.2) is 42.5 Å². The van der Waals surface area contributed by atoms with Crippen molar-refractivity contribution in [2.75, 3.05) is 18.0 Å². The van der Waals surface area contributed by atoms with E-state index in [0.717, 1.165) is 55.2 Å². The third kappa shape index (κ3) is 4.18. The molecule has 1 aliphatic rings. The summed E-state index contributed by atoms with van der Waals surface area (Å²) >= 11 is 0. The van der Waals surface area contributed by atoms with Crippen molar-refractivity contribution in [3.63, 3.8) is 0 Å². The van der Waals surface area contributed by atoms with Crippen LogP contribution in [0.3, 0.4) is 0 Å². The summed E-state index contributed by atoms with van der Waals surface area (Å²) in [6.45, 7) is 12.2. The molecule has 1 amide bonds. The van der Waals surface area contributed by atoms with Crippen LogP contribution >= 0.6 is 0 Å². The maximum atomic E-state index is 12.7. The maximum absolute atomic E-state index is 12.7. The topological polar surface area (TPSA) is 55.1 Å². The first-order valence-corrected chi connectivity index (χ1v) is 11.8. The molecule has 1 aromatic carbocycles. The quantitative estimate of drug-likeness (QED) is 0.612. The van der Waals surface area contributed by atoms with Crippen LogP contribution in [0.1, 0.15) is 50.2 Å². The number of carbonyl (C=O) groups excluding carboxylic acids is 1. The van der Waals surface area contributed by atoms with Gasteiger partial charge in [0.1, 0.15) is 5.69 Å². The SMILES string of the molecule is CC[C@@H](C)NC(=O)C1CCN(c2c(-n3c(C)ccc3C)c(C)nn2-c2ccccc2)CC1. The van der Waals surface area contributed by atoms with Gasteiger partial charge in [0.2, 0.25) is 5.91 Å². The van der Waals surface area contributed by atoms with Gasteiger partial charge in [-0.25, -0.2) is 4.68 Å². The molecular formula is C26H35N5O. The van der Waals surface area contributed by atoms with Gasteiger partial charge in [-0.3, -0.25) is 4.79 Å². The third-order valence-electron chi connectivity index (χ3n) is 6.67. The van der Waals surface area contributed by atoms with Gasteiger partial charge in [-0.1, -0.05) is 25.1 Å². The normalized spacial score (nSPS) is 15.7. The molecule has 0 spiro atoms. The summed E-state index contributed by atoms with van der Waals surface area (Å²) in [5.41, 5.74) is 5.58. The molecule has 0 unspecified atom stereocenters. The van der Waals surface area contributed by atoms with Crippen molar-refractivity contribution in [1.82, 2.24) is 19.7 Å². The second kappa shape index (κ2) is 9.23. The summed E-state index contributed by atoms with van der Waals surface area (Å²) in [5, 5.41) is 8.14. The summed E-state index contributed by atoms with van der Waals surface area (Å²) in [5.74, 6) is 1.38. The summed E-state index contributed by atoms with van der Waals surface area (Å²) in [6, 6.07) is 14.9.